The number of amides is 1. The predicted octanol–water partition coefficient (Wildman–Crippen LogP) is 2.87. The summed E-state index contributed by atoms with van der Waals surface area (Å²) in [5.41, 5.74) is 0.661. The lowest BCUT2D eigenvalue weighted by molar-refractivity contribution is -0.120. The van der Waals surface area contributed by atoms with Crippen LogP contribution >= 0.6 is 0 Å². The highest BCUT2D eigenvalue weighted by Gasteiger charge is 2.35. The molecule has 1 aliphatic rings. The van der Waals surface area contributed by atoms with Crippen molar-refractivity contribution in [2.24, 2.45) is 5.92 Å². The number of benzene rings is 2. The van der Waals surface area contributed by atoms with Crippen molar-refractivity contribution in [1.29, 1.82) is 0 Å². The first-order valence-electron chi connectivity index (χ1n) is 8.61. The Kier molecular flexibility index (Phi) is 5.76. The Labute approximate surface area is 158 Å². The van der Waals surface area contributed by atoms with Gasteiger partial charge in [-0.2, -0.15) is 4.31 Å². The molecule has 1 atom stereocenters. The van der Waals surface area contributed by atoms with Gasteiger partial charge in [0.25, 0.3) is 0 Å². The molecular formula is C19H21FN2O4S. The van der Waals surface area contributed by atoms with E-state index < -0.39 is 21.8 Å². The Morgan fingerprint density at radius 1 is 1.22 bits per heavy atom. The first-order chi connectivity index (χ1) is 12.9. The van der Waals surface area contributed by atoms with Gasteiger partial charge in [0, 0.05) is 18.8 Å². The normalized spacial score (nSPS) is 18.1. The van der Waals surface area contributed by atoms with E-state index in [9.17, 15) is 17.6 Å². The second-order valence-electron chi connectivity index (χ2n) is 6.35. The molecule has 1 amide bonds. The van der Waals surface area contributed by atoms with Gasteiger partial charge in [-0.3, -0.25) is 4.79 Å². The molecule has 2 aromatic rings. The number of hydrogen-bond acceptors (Lipinski definition) is 4. The number of sulfonamides is 1. The molecule has 0 aliphatic carbocycles. The van der Waals surface area contributed by atoms with Crippen molar-refractivity contribution in [2.75, 3.05) is 25.5 Å². The number of ether oxygens (including phenoxy) is 1. The van der Waals surface area contributed by atoms with Crippen molar-refractivity contribution >= 4 is 21.6 Å². The van der Waals surface area contributed by atoms with E-state index in [1.165, 1.54) is 17.5 Å². The van der Waals surface area contributed by atoms with Gasteiger partial charge in [-0.1, -0.05) is 18.2 Å². The molecule has 0 spiro atoms. The first kappa shape index (κ1) is 19.3. The van der Waals surface area contributed by atoms with Crippen LogP contribution in [-0.4, -0.2) is 38.8 Å². The molecule has 27 heavy (non-hydrogen) atoms. The molecule has 1 heterocycles. The molecule has 0 saturated carbocycles. The number of carbonyl (C=O) groups excluding carboxylic acids is 1. The fourth-order valence-corrected chi connectivity index (χ4v) is 4.82. The topological polar surface area (TPSA) is 75.7 Å². The van der Waals surface area contributed by atoms with E-state index >= 15 is 0 Å². The van der Waals surface area contributed by atoms with E-state index in [1.807, 2.05) is 18.2 Å². The number of piperidine rings is 1. The number of carbonyl (C=O) groups is 1. The Morgan fingerprint density at radius 3 is 2.67 bits per heavy atom. The number of rotatable bonds is 5. The summed E-state index contributed by atoms with van der Waals surface area (Å²) in [5.74, 6) is -1.29. The zero-order chi connectivity index (χ0) is 19.4. The highest BCUT2D eigenvalue weighted by atomic mass is 32.2. The van der Waals surface area contributed by atoms with Crippen LogP contribution in [0.3, 0.4) is 0 Å². The standard InChI is InChI=1S/C19H21FN2O4S/c1-26-17-10-9-15(20)12-18(17)27(24,25)22-11-5-6-14(13-22)19(23)21-16-7-3-2-4-8-16/h2-4,7-10,12,14H,5-6,11,13H2,1H3,(H,21,23)/t14-/m1/s1. The number of methoxy groups -OCH3 is 1. The second kappa shape index (κ2) is 8.06. The average Bonchev–Trinajstić information content (AvgIpc) is 2.69. The molecule has 2 aromatic carbocycles. The van der Waals surface area contributed by atoms with Crippen LogP contribution in [0.4, 0.5) is 10.1 Å². The molecule has 0 aromatic heterocycles. The largest absolute Gasteiger partial charge is 0.495 e. The third kappa shape index (κ3) is 4.28. The Balaban J connectivity index is 1.79. The minimum absolute atomic E-state index is 0.0423. The van der Waals surface area contributed by atoms with E-state index in [0.29, 0.717) is 18.5 Å². The van der Waals surface area contributed by atoms with E-state index in [4.69, 9.17) is 4.74 Å². The van der Waals surface area contributed by atoms with Gasteiger partial charge in [0.1, 0.15) is 16.5 Å². The van der Waals surface area contributed by atoms with Gasteiger partial charge >= 0.3 is 0 Å². The van der Waals surface area contributed by atoms with Crippen LogP contribution in [0.25, 0.3) is 0 Å². The summed E-state index contributed by atoms with van der Waals surface area (Å²) in [6.07, 6.45) is 1.13. The molecule has 144 valence electrons. The lowest BCUT2D eigenvalue weighted by atomic mass is 9.99. The van der Waals surface area contributed by atoms with Gasteiger partial charge in [-0.15, -0.1) is 0 Å². The lowest BCUT2D eigenvalue weighted by Gasteiger charge is -2.31. The molecule has 1 aliphatic heterocycles. The molecule has 3 rings (SSSR count). The quantitative estimate of drug-likeness (QED) is 0.849. The third-order valence-electron chi connectivity index (χ3n) is 4.54. The van der Waals surface area contributed by atoms with Gasteiger partial charge in [0.15, 0.2) is 0 Å². The van der Waals surface area contributed by atoms with Crippen LogP contribution in [0, 0.1) is 11.7 Å². The van der Waals surface area contributed by atoms with Crippen molar-refractivity contribution in [3.63, 3.8) is 0 Å². The zero-order valence-corrected chi connectivity index (χ0v) is 15.7. The minimum atomic E-state index is -3.98. The van der Waals surface area contributed by atoms with Gasteiger partial charge in [0.05, 0.1) is 13.0 Å². The maximum Gasteiger partial charge on any atom is 0.246 e. The van der Waals surface area contributed by atoms with Crippen LogP contribution < -0.4 is 10.1 Å². The van der Waals surface area contributed by atoms with Crippen LogP contribution in [0.15, 0.2) is 53.4 Å². The Morgan fingerprint density at radius 2 is 1.96 bits per heavy atom. The molecule has 8 heteroatoms. The van der Waals surface area contributed by atoms with E-state index in [-0.39, 0.29) is 29.6 Å². The van der Waals surface area contributed by atoms with Crippen LogP contribution in [-0.2, 0) is 14.8 Å². The molecule has 0 bridgehead atoms. The van der Waals surface area contributed by atoms with Crippen molar-refractivity contribution in [3.05, 3.63) is 54.3 Å². The predicted molar refractivity (Wildman–Crippen MR) is 99.5 cm³/mol. The smallest absolute Gasteiger partial charge is 0.246 e. The lowest BCUT2D eigenvalue weighted by Crippen LogP contribution is -2.43. The maximum absolute atomic E-state index is 13.6. The highest BCUT2D eigenvalue weighted by molar-refractivity contribution is 7.89. The van der Waals surface area contributed by atoms with E-state index in [1.54, 1.807) is 12.1 Å². The average molecular weight is 392 g/mol. The Bertz CT molecular complexity index is 919. The number of halogens is 1. The summed E-state index contributed by atoms with van der Waals surface area (Å²) in [6.45, 7) is 0.317. The summed E-state index contributed by atoms with van der Waals surface area (Å²) in [4.78, 5) is 12.3. The zero-order valence-electron chi connectivity index (χ0n) is 14.9. The van der Waals surface area contributed by atoms with E-state index in [0.717, 1.165) is 12.1 Å². The van der Waals surface area contributed by atoms with Crippen molar-refractivity contribution in [1.82, 2.24) is 4.31 Å². The fraction of sp³-hybridized carbons (Fsp3) is 0.316. The summed E-state index contributed by atoms with van der Waals surface area (Å²) < 4.78 is 45.9. The van der Waals surface area contributed by atoms with Gasteiger partial charge in [0.2, 0.25) is 15.9 Å². The molecule has 1 fully saturated rings. The summed E-state index contributed by atoms with van der Waals surface area (Å²) >= 11 is 0. The van der Waals surface area contributed by atoms with Gasteiger partial charge < -0.3 is 10.1 Å². The number of nitrogens with zero attached hydrogens (tertiary/aromatic N) is 1. The van der Waals surface area contributed by atoms with Crippen molar-refractivity contribution in [3.8, 4) is 5.75 Å². The second-order valence-corrected chi connectivity index (χ2v) is 8.26. The molecule has 6 nitrogen and oxygen atoms in total. The number of para-hydroxylation sites is 1. The maximum atomic E-state index is 13.6. The highest BCUT2D eigenvalue weighted by Crippen LogP contribution is 2.30. The summed E-state index contributed by atoms with van der Waals surface area (Å²) in [7, 11) is -2.65. The molecule has 1 N–H and O–H groups in total. The number of hydrogen-bond donors (Lipinski definition) is 1. The molecule has 0 unspecified atom stereocenters. The number of nitrogens with one attached hydrogen (secondary N) is 1. The van der Waals surface area contributed by atoms with Crippen LogP contribution in [0.5, 0.6) is 5.75 Å². The van der Waals surface area contributed by atoms with Crippen LogP contribution in [0.2, 0.25) is 0 Å². The third-order valence-corrected chi connectivity index (χ3v) is 6.43. The molecule has 0 radical (unpaired) electrons. The number of anilines is 1. The molecular weight excluding hydrogens is 371 g/mol. The molecule has 1 saturated heterocycles. The van der Waals surface area contributed by atoms with Crippen LogP contribution in [0.1, 0.15) is 12.8 Å². The minimum Gasteiger partial charge on any atom is -0.495 e. The first-order valence-corrected chi connectivity index (χ1v) is 10.1. The monoisotopic (exact) mass is 392 g/mol. The van der Waals surface area contributed by atoms with Gasteiger partial charge in [-0.05, 0) is 43.2 Å². The fourth-order valence-electron chi connectivity index (χ4n) is 3.13. The SMILES string of the molecule is COc1ccc(F)cc1S(=O)(=O)N1CCC[C@@H](C(=O)Nc2ccccc2)C1. The van der Waals surface area contributed by atoms with E-state index in [2.05, 4.69) is 5.32 Å². The van der Waals surface area contributed by atoms with Gasteiger partial charge in [-0.25, -0.2) is 12.8 Å². The summed E-state index contributed by atoms with van der Waals surface area (Å²) in [5, 5.41) is 2.81. The van der Waals surface area contributed by atoms with Crippen molar-refractivity contribution < 1.29 is 22.3 Å². The Hall–Kier alpha value is -2.45. The van der Waals surface area contributed by atoms with Crippen molar-refractivity contribution in [2.45, 2.75) is 17.7 Å². The summed E-state index contributed by atoms with van der Waals surface area (Å²) in [6, 6.07) is 12.4.